The molecule has 2 aromatic carbocycles. The summed E-state index contributed by atoms with van der Waals surface area (Å²) in [5, 5.41) is 2.07. The average Bonchev–Trinajstić information content (AvgIpc) is 3.45. The molecule has 5 nitrogen and oxygen atoms in total. The van der Waals surface area contributed by atoms with Gasteiger partial charge in [0.15, 0.2) is 0 Å². The highest BCUT2D eigenvalue weighted by Gasteiger charge is 2.29. The lowest BCUT2D eigenvalue weighted by molar-refractivity contribution is 0.0551. The van der Waals surface area contributed by atoms with Crippen molar-refractivity contribution < 1.29 is 9.59 Å². The minimum Gasteiger partial charge on any atom is -0.339 e. The molecule has 0 spiro atoms. The molecule has 2 fully saturated rings. The largest absolute Gasteiger partial charge is 0.339 e. The van der Waals surface area contributed by atoms with Gasteiger partial charge in [-0.3, -0.25) is 9.59 Å². The van der Waals surface area contributed by atoms with Crippen molar-refractivity contribution in [3.05, 3.63) is 81.5 Å². The summed E-state index contributed by atoms with van der Waals surface area (Å²) in [4.78, 5) is 34.1. The van der Waals surface area contributed by atoms with Gasteiger partial charge < -0.3 is 14.7 Å². The summed E-state index contributed by atoms with van der Waals surface area (Å²) in [6, 6.07) is 18.9. The van der Waals surface area contributed by atoms with Gasteiger partial charge in [0, 0.05) is 44.3 Å². The van der Waals surface area contributed by atoms with Gasteiger partial charge in [-0.1, -0.05) is 50.2 Å². The van der Waals surface area contributed by atoms with Crippen LogP contribution in [0.5, 0.6) is 0 Å². The Kier molecular flexibility index (Phi) is 9.94. The van der Waals surface area contributed by atoms with Gasteiger partial charge in [0.25, 0.3) is 11.8 Å². The van der Waals surface area contributed by atoms with E-state index in [0.29, 0.717) is 6.54 Å². The van der Waals surface area contributed by atoms with E-state index in [1.807, 2.05) is 35.2 Å². The number of carbonyl (C=O) groups is 2. The highest BCUT2D eigenvalue weighted by molar-refractivity contribution is 7.12. The third kappa shape index (κ3) is 7.66. The van der Waals surface area contributed by atoms with E-state index in [2.05, 4.69) is 60.2 Å². The second-order valence-corrected chi connectivity index (χ2v) is 13.2. The number of piperidine rings is 2. The first-order valence-corrected chi connectivity index (χ1v) is 16.3. The predicted octanol–water partition coefficient (Wildman–Crippen LogP) is 7.50. The molecule has 2 aliphatic rings. The molecule has 0 radical (unpaired) electrons. The van der Waals surface area contributed by atoms with E-state index >= 15 is 0 Å². The van der Waals surface area contributed by atoms with Crippen molar-refractivity contribution in [2.24, 2.45) is 5.92 Å². The van der Waals surface area contributed by atoms with Crippen LogP contribution in [-0.4, -0.2) is 65.3 Å². The van der Waals surface area contributed by atoms with Crippen LogP contribution < -0.4 is 0 Å². The molecule has 0 aliphatic carbocycles. The third-order valence-electron chi connectivity index (χ3n) is 8.64. The zero-order valence-electron chi connectivity index (χ0n) is 25.0. The van der Waals surface area contributed by atoms with Crippen LogP contribution >= 0.6 is 11.3 Å². The molecule has 41 heavy (non-hydrogen) atoms. The van der Waals surface area contributed by atoms with Crippen molar-refractivity contribution >= 4 is 23.2 Å². The molecule has 5 rings (SSSR count). The van der Waals surface area contributed by atoms with Gasteiger partial charge in [0.2, 0.25) is 0 Å². The Hall–Kier alpha value is -2.96. The molecule has 3 aromatic rings. The lowest BCUT2D eigenvalue weighted by Gasteiger charge is -2.38. The number of amides is 2. The quantitative estimate of drug-likeness (QED) is 0.267. The monoisotopic (exact) mass is 571 g/mol. The Morgan fingerprint density at radius 3 is 2.12 bits per heavy atom. The van der Waals surface area contributed by atoms with Crippen LogP contribution in [0, 0.1) is 12.8 Å². The van der Waals surface area contributed by atoms with Gasteiger partial charge in [0.1, 0.15) is 0 Å². The smallest absolute Gasteiger partial charge is 0.264 e. The fourth-order valence-electron chi connectivity index (χ4n) is 6.03. The van der Waals surface area contributed by atoms with E-state index < -0.39 is 0 Å². The summed E-state index contributed by atoms with van der Waals surface area (Å²) in [5.74, 6) is 1.01. The second kappa shape index (κ2) is 13.8. The SMILES string of the molecule is Cc1csc(C(=O)N(Cc2ccc(-c3ccc(C(=O)N4CCCCC4)cc3)cc2)C2CCN(CCC(C)C)CC2)c1. The number of carbonyl (C=O) groups excluding carboxylic acids is 2. The number of nitrogens with zero attached hydrogens (tertiary/aromatic N) is 3. The highest BCUT2D eigenvalue weighted by atomic mass is 32.1. The fourth-order valence-corrected chi connectivity index (χ4v) is 6.88. The lowest BCUT2D eigenvalue weighted by Crippen LogP contribution is -2.47. The predicted molar refractivity (Wildman–Crippen MR) is 169 cm³/mol. The van der Waals surface area contributed by atoms with Gasteiger partial charge in [-0.05, 0) is 104 Å². The summed E-state index contributed by atoms with van der Waals surface area (Å²) in [5.41, 5.74) is 5.28. The van der Waals surface area contributed by atoms with Crippen molar-refractivity contribution in [1.29, 1.82) is 0 Å². The topological polar surface area (TPSA) is 43.9 Å². The molecular formula is C35H45N3O2S. The first-order valence-electron chi connectivity index (χ1n) is 15.4. The summed E-state index contributed by atoms with van der Waals surface area (Å²) in [7, 11) is 0. The Labute approximate surface area is 250 Å². The van der Waals surface area contributed by atoms with Crippen molar-refractivity contribution in [3.63, 3.8) is 0 Å². The van der Waals surface area contributed by atoms with Gasteiger partial charge in [-0.15, -0.1) is 11.3 Å². The molecule has 2 aliphatic heterocycles. The summed E-state index contributed by atoms with van der Waals surface area (Å²) in [6.45, 7) is 12.2. The van der Waals surface area contributed by atoms with Crippen LogP contribution in [0.15, 0.2) is 60.0 Å². The first-order chi connectivity index (χ1) is 19.9. The normalized spacial score (nSPS) is 16.7. The Balaban J connectivity index is 1.26. The molecule has 6 heteroatoms. The third-order valence-corrected chi connectivity index (χ3v) is 9.67. The standard InChI is InChI=1S/C35H45N3O2S/c1-26(2)15-20-36-21-16-32(17-22-36)38(35(40)33-23-27(3)25-41-33)24-28-7-9-29(10-8-28)30-11-13-31(14-12-30)34(39)37-18-5-4-6-19-37/h7-14,23,25-26,32H,4-6,15-22,24H2,1-3H3. The van der Waals surface area contributed by atoms with Crippen LogP contribution in [0.3, 0.4) is 0 Å². The first kappa shape index (κ1) is 29.5. The maximum absolute atomic E-state index is 13.7. The molecular weight excluding hydrogens is 526 g/mol. The van der Waals surface area contributed by atoms with Crippen LogP contribution in [-0.2, 0) is 6.54 Å². The highest BCUT2D eigenvalue weighted by Crippen LogP contribution is 2.27. The lowest BCUT2D eigenvalue weighted by atomic mass is 9.99. The summed E-state index contributed by atoms with van der Waals surface area (Å²) in [6.07, 6.45) is 6.69. The molecule has 218 valence electrons. The van der Waals surface area contributed by atoms with Gasteiger partial charge >= 0.3 is 0 Å². The van der Waals surface area contributed by atoms with E-state index in [0.717, 1.165) is 97.0 Å². The van der Waals surface area contributed by atoms with Gasteiger partial charge in [-0.2, -0.15) is 0 Å². The van der Waals surface area contributed by atoms with Crippen LogP contribution in [0.1, 0.15) is 83.5 Å². The Morgan fingerprint density at radius 1 is 0.902 bits per heavy atom. The maximum atomic E-state index is 13.7. The fraction of sp³-hybridized carbons (Fsp3) is 0.486. The van der Waals surface area contributed by atoms with Crippen molar-refractivity contribution in [1.82, 2.24) is 14.7 Å². The number of thiophene rings is 1. The zero-order valence-corrected chi connectivity index (χ0v) is 25.8. The van der Waals surface area contributed by atoms with Crippen molar-refractivity contribution in [3.8, 4) is 11.1 Å². The molecule has 0 atom stereocenters. The number of rotatable bonds is 9. The molecule has 0 N–H and O–H groups in total. The van der Waals surface area contributed by atoms with Gasteiger partial charge in [0.05, 0.1) is 4.88 Å². The molecule has 0 bridgehead atoms. The zero-order chi connectivity index (χ0) is 28.8. The molecule has 0 saturated carbocycles. The molecule has 3 heterocycles. The minimum absolute atomic E-state index is 0.142. The van der Waals surface area contributed by atoms with Crippen molar-refractivity contribution in [2.75, 3.05) is 32.7 Å². The molecule has 2 saturated heterocycles. The Bertz CT molecular complexity index is 1280. The maximum Gasteiger partial charge on any atom is 0.264 e. The van der Waals surface area contributed by atoms with Crippen LogP contribution in [0.25, 0.3) is 11.1 Å². The number of benzene rings is 2. The van der Waals surface area contributed by atoms with E-state index in [9.17, 15) is 9.59 Å². The number of hydrogen-bond donors (Lipinski definition) is 0. The van der Waals surface area contributed by atoms with Crippen LogP contribution in [0.2, 0.25) is 0 Å². The number of likely N-dealkylation sites (tertiary alicyclic amines) is 2. The molecule has 0 unspecified atom stereocenters. The second-order valence-electron chi connectivity index (χ2n) is 12.3. The number of hydrogen-bond acceptors (Lipinski definition) is 4. The molecule has 2 amide bonds. The van der Waals surface area contributed by atoms with E-state index in [1.54, 1.807) is 11.3 Å². The van der Waals surface area contributed by atoms with Crippen molar-refractivity contribution in [2.45, 2.75) is 71.9 Å². The summed E-state index contributed by atoms with van der Waals surface area (Å²) >= 11 is 1.56. The number of aryl methyl sites for hydroxylation is 1. The van der Waals surface area contributed by atoms with E-state index in [1.165, 1.54) is 12.8 Å². The summed E-state index contributed by atoms with van der Waals surface area (Å²) < 4.78 is 0. The average molecular weight is 572 g/mol. The Morgan fingerprint density at radius 2 is 1.54 bits per heavy atom. The van der Waals surface area contributed by atoms with Crippen LogP contribution in [0.4, 0.5) is 0 Å². The van der Waals surface area contributed by atoms with E-state index in [4.69, 9.17) is 0 Å². The van der Waals surface area contributed by atoms with Gasteiger partial charge in [-0.25, -0.2) is 0 Å². The molecule has 1 aromatic heterocycles. The minimum atomic E-state index is 0.142. The van der Waals surface area contributed by atoms with E-state index in [-0.39, 0.29) is 17.9 Å².